The van der Waals surface area contributed by atoms with Gasteiger partial charge >= 0.3 is 0 Å². The maximum Gasteiger partial charge on any atom is 0.223 e. The molecular weight excluding hydrogens is 335 g/mol. The van der Waals surface area contributed by atoms with Gasteiger partial charge in [0.05, 0.1) is 6.04 Å². The molecular formula is C10H11IN4S. The molecule has 0 spiro atoms. The van der Waals surface area contributed by atoms with Crippen molar-refractivity contribution in [3.05, 3.63) is 32.0 Å². The van der Waals surface area contributed by atoms with Crippen LogP contribution in [-0.2, 0) is 0 Å². The number of hydrogen-bond donors (Lipinski definition) is 1. The summed E-state index contributed by atoms with van der Waals surface area (Å²) in [5, 5.41) is 4.28. The minimum Gasteiger partial charge on any atom is -0.345 e. The molecule has 0 aliphatic carbocycles. The largest absolute Gasteiger partial charge is 0.345 e. The molecule has 0 amide bonds. The third-order valence-electron chi connectivity index (χ3n) is 1.98. The van der Waals surface area contributed by atoms with Gasteiger partial charge < -0.3 is 5.32 Å². The number of aryl methyl sites for hydroxylation is 1. The summed E-state index contributed by atoms with van der Waals surface area (Å²) in [5.41, 5.74) is 0. The number of nitrogens with one attached hydrogen (secondary N) is 1. The number of hydrogen-bond acceptors (Lipinski definition) is 5. The van der Waals surface area contributed by atoms with Crippen LogP contribution in [0.3, 0.4) is 0 Å². The van der Waals surface area contributed by atoms with E-state index in [1.165, 1.54) is 4.88 Å². The predicted molar refractivity (Wildman–Crippen MR) is 73.6 cm³/mol. The molecule has 0 saturated carbocycles. The van der Waals surface area contributed by atoms with Gasteiger partial charge in [-0.3, -0.25) is 0 Å². The number of thiazole rings is 1. The first kappa shape index (κ1) is 11.7. The molecule has 0 aliphatic heterocycles. The van der Waals surface area contributed by atoms with Crippen LogP contribution in [0.4, 0.5) is 5.95 Å². The van der Waals surface area contributed by atoms with Gasteiger partial charge in [0.2, 0.25) is 5.95 Å². The Kier molecular flexibility index (Phi) is 3.70. The van der Waals surface area contributed by atoms with Gasteiger partial charge in [0.15, 0.2) is 0 Å². The molecule has 0 fully saturated rings. The zero-order valence-corrected chi connectivity index (χ0v) is 11.9. The lowest BCUT2D eigenvalue weighted by atomic mass is 10.4. The second-order valence-corrected chi connectivity index (χ2v) is 5.91. The smallest absolute Gasteiger partial charge is 0.223 e. The van der Waals surface area contributed by atoms with Crippen molar-refractivity contribution in [3.8, 4) is 0 Å². The van der Waals surface area contributed by atoms with Gasteiger partial charge in [0, 0.05) is 27.0 Å². The van der Waals surface area contributed by atoms with Crippen LogP contribution in [0.25, 0.3) is 0 Å². The molecule has 0 bridgehead atoms. The minimum absolute atomic E-state index is 0.138. The lowest BCUT2D eigenvalue weighted by molar-refractivity contribution is 0.847. The first-order chi connectivity index (χ1) is 7.65. The molecule has 0 radical (unpaired) electrons. The highest BCUT2D eigenvalue weighted by Gasteiger charge is 2.10. The van der Waals surface area contributed by atoms with Crippen LogP contribution in [0, 0.1) is 10.5 Å². The van der Waals surface area contributed by atoms with Gasteiger partial charge in [-0.2, -0.15) is 0 Å². The Bertz CT molecular complexity index is 468. The molecule has 6 heteroatoms. The fourth-order valence-corrected chi connectivity index (χ4v) is 2.27. The van der Waals surface area contributed by atoms with E-state index in [1.807, 2.05) is 6.20 Å². The molecule has 16 heavy (non-hydrogen) atoms. The van der Waals surface area contributed by atoms with Crippen LogP contribution in [0.2, 0.25) is 0 Å². The van der Waals surface area contributed by atoms with Gasteiger partial charge in [-0.1, -0.05) is 0 Å². The van der Waals surface area contributed by atoms with Gasteiger partial charge in [0.25, 0.3) is 0 Å². The molecule has 84 valence electrons. The summed E-state index contributed by atoms with van der Waals surface area (Å²) in [6, 6.07) is 0.138. The highest BCUT2D eigenvalue weighted by atomic mass is 127. The monoisotopic (exact) mass is 346 g/mol. The quantitative estimate of drug-likeness (QED) is 0.868. The molecule has 1 N–H and O–H groups in total. The molecule has 0 aromatic carbocycles. The molecule has 2 aromatic heterocycles. The maximum absolute atomic E-state index is 4.33. The summed E-state index contributed by atoms with van der Waals surface area (Å²) in [4.78, 5) is 13.9. The zero-order valence-electron chi connectivity index (χ0n) is 8.94. The van der Waals surface area contributed by atoms with E-state index in [0.29, 0.717) is 5.95 Å². The fraction of sp³-hybridized carbons (Fsp3) is 0.300. The van der Waals surface area contributed by atoms with Gasteiger partial charge in [0.1, 0.15) is 5.01 Å². The third kappa shape index (κ3) is 2.88. The second kappa shape index (κ2) is 5.05. The van der Waals surface area contributed by atoms with Crippen molar-refractivity contribution in [1.82, 2.24) is 15.0 Å². The average molecular weight is 346 g/mol. The summed E-state index contributed by atoms with van der Waals surface area (Å²) in [7, 11) is 0. The summed E-state index contributed by atoms with van der Waals surface area (Å²) in [6.07, 6.45) is 5.46. The van der Waals surface area contributed by atoms with E-state index >= 15 is 0 Å². The van der Waals surface area contributed by atoms with Crippen molar-refractivity contribution < 1.29 is 0 Å². The Hall–Kier alpha value is -0.760. The standard InChI is InChI=1S/C10H11IN4S/c1-6-3-12-9(16-6)7(2)15-10-13-4-8(11)5-14-10/h3-5,7H,1-2H3,(H,13,14,15). The molecule has 1 atom stereocenters. The fourth-order valence-electron chi connectivity index (χ4n) is 1.21. The van der Waals surface area contributed by atoms with Crippen LogP contribution in [0.5, 0.6) is 0 Å². The number of anilines is 1. The average Bonchev–Trinajstić information content (AvgIpc) is 2.68. The number of nitrogens with zero attached hydrogens (tertiary/aromatic N) is 3. The van der Waals surface area contributed by atoms with E-state index in [2.05, 4.69) is 56.7 Å². The molecule has 2 heterocycles. The summed E-state index contributed by atoms with van der Waals surface area (Å²) >= 11 is 3.87. The van der Waals surface area contributed by atoms with Crippen LogP contribution < -0.4 is 5.32 Å². The first-order valence-corrected chi connectivity index (χ1v) is 6.71. The molecule has 0 aliphatic rings. The van der Waals surface area contributed by atoms with Crippen molar-refractivity contribution in [2.45, 2.75) is 19.9 Å². The van der Waals surface area contributed by atoms with Crippen molar-refractivity contribution >= 4 is 39.9 Å². The predicted octanol–water partition coefficient (Wildman–Crippen LogP) is 3.02. The summed E-state index contributed by atoms with van der Waals surface area (Å²) < 4.78 is 1.03. The van der Waals surface area contributed by atoms with Crippen LogP contribution in [-0.4, -0.2) is 15.0 Å². The topological polar surface area (TPSA) is 50.7 Å². The molecule has 0 saturated heterocycles. The van der Waals surface area contributed by atoms with Crippen LogP contribution in [0.15, 0.2) is 18.6 Å². The number of rotatable bonds is 3. The van der Waals surface area contributed by atoms with Gasteiger partial charge in [-0.25, -0.2) is 15.0 Å². The van der Waals surface area contributed by atoms with E-state index in [-0.39, 0.29) is 6.04 Å². The zero-order chi connectivity index (χ0) is 11.5. The Labute approximate surface area is 112 Å². The molecule has 4 nitrogen and oxygen atoms in total. The summed E-state index contributed by atoms with van der Waals surface area (Å²) in [6.45, 7) is 4.11. The van der Waals surface area contributed by atoms with E-state index in [4.69, 9.17) is 0 Å². The Balaban J connectivity index is 2.07. The Morgan fingerprint density at radius 3 is 2.50 bits per heavy atom. The van der Waals surface area contributed by atoms with E-state index in [1.54, 1.807) is 23.7 Å². The van der Waals surface area contributed by atoms with Crippen molar-refractivity contribution in [2.24, 2.45) is 0 Å². The normalized spacial score (nSPS) is 12.4. The summed E-state index contributed by atoms with van der Waals surface area (Å²) in [5.74, 6) is 0.640. The Morgan fingerprint density at radius 1 is 1.25 bits per heavy atom. The number of halogens is 1. The van der Waals surface area contributed by atoms with E-state index in [9.17, 15) is 0 Å². The van der Waals surface area contributed by atoms with Crippen molar-refractivity contribution in [1.29, 1.82) is 0 Å². The number of aromatic nitrogens is 3. The maximum atomic E-state index is 4.33. The van der Waals surface area contributed by atoms with E-state index in [0.717, 1.165) is 8.58 Å². The molecule has 1 unspecified atom stereocenters. The van der Waals surface area contributed by atoms with Crippen LogP contribution >= 0.6 is 33.9 Å². The second-order valence-electron chi connectivity index (χ2n) is 3.40. The third-order valence-corrected chi connectivity index (χ3v) is 3.63. The molecule has 2 rings (SSSR count). The molecule has 2 aromatic rings. The first-order valence-electron chi connectivity index (χ1n) is 4.81. The van der Waals surface area contributed by atoms with Crippen molar-refractivity contribution in [2.75, 3.05) is 5.32 Å². The Morgan fingerprint density at radius 2 is 1.94 bits per heavy atom. The lowest BCUT2D eigenvalue weighted by Crippen LogP contribution is -2.08. The minimum atomic E-state index is 0.138. The van der Waals surface area contributed by atoms with E-state index < -0.39 is 0 Å². The van der Waals surface area contributed by atoms with Gasteiger partial charge in [-0.05, 0) is 36.4 Å². The highest BCUT2D eigenvalue weighted by molar-refractivity contribution is 14.1. The highest BCUT2D eigenvalue weighted by Crippen LogP contribution is 2.21. The SMILES string of the molecule is Cc1cnc(C(C)Nc2ncc(I)cn2)s1. The van der Waals surface area contributed by atoms with Gasteiger partial charge in [-0.15, -0.1) is 11.3 Å². The van der Waals surface area contributed by atoms with Crippen molar-refractivity contribution in [3.63, 3.8) is 0 Å². The lowest BCUT2D eigenvalue weighted by Gasteiger charge is -2.10. The van der Waals surface area contributed by atoms with Crippen LogP contribution in [0.1, 0.15) is 22.9 Å².